The third kappa shape index (κ3) is 4.11. The first-order valence-corrected chi connectivity index (χ1v) is 6.29. The summed E-state index contributed by atoms with van der Waals surface area (Å²) in [5, 5.41) is 11.3. The molecule has 0 bridgehead atoms. The first kappa shape index (κ1) is 15.3. The van der Waals surface area contributed by atoms with E-state index in [1.165, 1.54) is 4.90 Å². The van der Waals surface area contributed by atoms with Gasteiger partial charge in [-0.05, 0) is 19.3 Å². The van der Waals surface area contributed by atoms with Crippen LogP contribution in [0.1, 0.15) is 26.7 Å². The standard InChI is InChI=1S/C12H21N3O4/c1-8(5-9(16)17)6-14-11(19)15-4-3-12(2,7-15)10(13)18/h8H,3-7H2,1-2H3,(H2,13,18)(H,14,19)(H,16,17). The number of nitrogens with two attached hydrogens (primary N) is 1. The van der Waals surface area contributed by atoms with E-state index in [2.05, 4.69) is 5.32 Å². The maximum absolute atomic E-state index is 11.9. The van der Waals surface area contributed by atoms with Crippen molar-refractivity contribution in [3.05, 3.63) is 0 Å². The monoisotopic (exact) mass is 271 g/mol. The van der Waals surface area contributed by atoms with Crippen molar-refractivity contribution in [3.8, 4) is 0 Å². The van der Waals surface area contributed by atoms with Crippen molar-refractivity contribution in [2.75, 3.05) is 19.6 Å². The van der Waals surface area contributed by atoms with Gasteiger partial charge in [0.05, 0.1) is 5.41 Å². The van der Waals surface area contributed by atoms with Gasteiger partial charge in [0.1, 0.15) is 0 Å². The van der Waals surface area contributed by atoms with Gasteiger partial charge in [0.15, 0.2) is 0 Å². The van der Waals surface area contributed by atoms with Gasteiger partial charge in [-0.3, -0.25) is 9.59 Å². The summed E-state index contributed by atoms with van der Waals surface area (Å²) in [6.45, 7) is 4.59. The van der Waals surface area contributed by atoms with Crippen LogP contribution in [0.4, 0.5) is 4.79 Å². The first-order chi connectivity index (χ1) is 8.74. The lowest BCUT2D eigenvalue weighted by Crippen LogP contribution is -2.43. The van der Waals surface area contributed by atoms with E-state index in [0.29, 0.717) is 26.1 Å². The SMILES string of the molecule is CC(CNC(=O)N1CCC(C)(C(N)=O)C1)CC(=O)O. The number of hydrogen-bond acceptors (Lipinski definition) is 3. The molecule has 0 radical (unpaired) electrons. The van der Waals surface area contributed by atoms with E-state index in [0.717, 1.165) is 0 Å². The number of carbonyl (C=O) groups is 3. The molecular weight excluding hydrogens is 250 g/mol. The Hall–Kier alpha value is -1.79. The molecule has 7 heteroatoms. The summed E-state index contributed by atoms with van der Waals surface area (Å²) in [4.78, 5) is 35.2. The zero-order chi connectivity index (χ0) is 14.6. The number of likely N-dealkylation sites (tertiary alicyclic amines) is 1. The summed E-state index contributed by atoms with van der Waals surface area (Å²) in [6.07, 6.45) is 0.569. The number of rotatable bonds is 5. The number of carboxylic acid groups (broad SMARTS) is 1. The van der Waals surface area contributed by atoms with Gasteiger partial charge in [-0.2, -0.15) is 0 Å². The van der Waals surface area contributed by atoms with Crippen molar-refractivity contribution in [2.24, 2.45) is 17.1 Å². The second kappa shape index (κ2) is 5.90. The van der Waals surface area contributed by atoms with Gasteiger partial charge in [0, 0.05) is 26.1 Å². The van der Waals surface area contributed by atoms with E-state index in [1.54, 1.807) is 13.8 Å². The molecule has 2 unspecified atom stereocenters. The molecule has 0 aromatic rings. The molecule has 2 atom stereocenters. The number of hydrogen-bond donors (Lipinski definition) is 3. The molecule has 1 aliphatic rings. The highest BCUT2D eigenvalue weighted by Gasteiger charge is 2.40. The van der Waals surface area contributed by atoms with E-state index >= 15 is 0 Å². The van der Waals surface area contributed by atoms with Crippen LogP contribution in [-0.2, 0) is 9.59 Å². The maximum Gasteiger partial charge on any atom is 0.317 e. The fraction of sp³-hybridized carbons (Fsp3) is 0.750. The molecule has 0 spiro atoms. The number of carbonyl (C=O) groups excluding carboxylic acids is 2. The summed E-state index contributed by atoms with van der Waals surface area (Å²) in [7, 11) is 0. The lowest BCUT2D eigenvalue weighted by atomic mass is 9.89. The molecule has 0 aliphatic carbocycles. The van der Waals surface area contributed by atoms with Gasteiger partial charge < -0.3 is 21.1 Å². The number of aliphatic carboxylic acids is 1. The summed E-state index contributed by atoms with van der Waals surface area (Å²) in [5.74, 6) is -1.42. The van der Waals surface area contributed by atoms with E-state index in [9.17, 15) is 14.4 Å². The molecule has 1 aliphatic heterocycles. The normalized spacial score (nSPS) is 24.0. The molecule has 1 heterocycles. The Labute approximate surface area is 112 Å². The minimum Gasteiger partial charge on any atom is -0.481 e. The first-order valence-electron chi connectivity index (χ1n) is 6.29. The van der Waals surface area contributed by atoms with Crippen LogP contribution in [0.25, 0.3) is 0 Å². The Bertz CT molecular complexity index is 385. The van der Waals surface area contributed by atoms with Gasteiger partial charge in [-0.1, -0.05) is 6.92 Å². The van der Waals surface area contributed by atoms with Crippen molar-refractivity contribution >= 4 is 17.9 Å². The maximum atomic E-state index is 11.9. The molecule has 0 aromatic heterocycles. The molecule has 0 aromatic carbocycles. The number of carboxylic acids is 1. The summed E-state index contributed by atoms with van der Waals surface area (Å²) < 4.78 is 0. The largest absolute Gasteiger partial charge is 0.481 e. The molecule has 3 amide bonds. The molecule has 4 N–H and O–H groups in total. The van der Waals surface area contributed by atoms with Gasteiger partial charge >= 0.3 is 12.0 Å². The Kier molecular flexibility index (Phi) is 4.74. The van der Waals surface area contributed by atoms with Crippen LogP contribution >= 0.6 is 0 Å². The van der Waals surface area contributed by atoms with E-state index < -0.39 is 17.3 Å². The van der Waals surface area contributed by atoms with Crippen LogP contribution in [0.5, 0.6) is 0 Å². The Morgan fingerprint density at radius 1 is 1.47 bits per heavy atom. The average molecular weight is 271 g/mol. The zero-order valence-corrected chi connectivity index (χ0v) is 11.3. The average Bonchev–Trinajstić information content (AvgIpc) is 2.69. The van der Waals surface area contributed by atoms with Crippen LogP contribution in [0.3, 0.4) is 0 Å². The Morgan fingerprint density at radius 3 is 2.58 bits per heavy atom. The van der Waals surface area contributed by atoms with Crippen LogP contribution in [0.2, 0.25) is 0 Å². The summed E-state index contributed by atoms with van der Waals surface area (Å²) in [6, 6.07) is -0.276. The van der Waals surface area contributed by atoms with Crippen LogP contribution in [0, 0.1) is 11.3 Å². The predicted octanol–water partition coefficient (Wildman–Crippen LogP) is 0.00410. The number of primary amides is 1. The smallest absolute Gasteiger partial charge is 0.317 e. The second-order valence-electron chi connectivity index (χ2n) is 5.49. The van der Waals surface area contributed by atoms with Crippen molar-refractivity contribution in [3.63, 3.8) is 0 Å². The van der Waals surface area contributed by atoms with Gasteiger partial charge in [0.2, 0.25) is 5.91 Å². The number of urea groups is 1. The highest BCUT2D eigenvalue weighted by molar-refractivity contribution is 5.83. The van der Waals surface area contributed by atoms with Crippen molar-refractivity contribution < 1.29 is 19.5 Å². The van der Waals surface area contributed by atoms with E-state index in [4.69, 9.17) is 10.8 Å². The van der Waals surface area contributed by atoms with Crippen molar-refractivity contribution in [1.82, 2.24) is 10.2 Å². The minimum absolute atomic E-state index is 0.0132. The number of amides is 3. The van der Waals surface area contributed by atoms with Gasteiger partial charge in [-0.25, -0.2) is 4.79 Å². The van der Waals surface area contributed by atoms with E-state index in [1.807, 2.05) is 0 Å². The highest BCUT2D eigenvalue weighted by Crippen LogP contribution is 2.29. The molecular formula is C12H21N3O4. The van der Waals surface area contributed by atoms with Gasteiger partial charge in [-0.15, -0.1) is 0 Å². The fourth-order valence-electron chi connectivity index (χ4n) is 2.08. The lowest BCUT2D eigenvalue weighted by molar-refractivity contribution is -0.138. The lowest BCUT2D eigenvalue weighted by Gasteiger charge is -2.22. The molecule has 0 saturated carbocycles. The Morgan fingerprint density at radius 2 is 2.11 bits per heavy atom. The number of nitrogens with zero attached hydrogens (tertiary/aromatic N) is 1. The third-order valence-electron chi connectivity index (χ3n) is 3.48. The van der Waals surface area contributed by atoms with E-state index in [-0.39, 0.29) is 18.4 Å². The van der Waals surface area contributed by atoms with Crippen molar-refractivity contribution in [1.29, 1.82) is 0 Å². The molecule has 7 nitrogen and oxygen atoms in total. The molecule has 19 heavy (non-hydrogen) atoms. The predicted molar refractivity (Wildman–Crippen MR) is 68.3 cm³/mol. The van der Waals surface area contributed by atoms with Gasteiger partial charge in [0.25, 0.3) is 0 Å². The summed E-state index contributed by atoms with van der Waals surface area (Å²) >= 11 is 0. The minimum atomic E-state index is -0.885. The molecule has 1 saturated heterocycles. The molecule has 1 fully saturated rings. The second-order valence-corrected chi connectivity index (χ2v) is 5.49. The molecule has 108 valence electrons. The zero-order valence-electron chi connectivity index (χ0n) is 11.3. The van der Waals surface area contributed by atoms with Crippen LogP contribution < -0.4 is 11.1 Å². The number of nitrogens with one attached hydrogen (secondary N) is 1. The quantitative estimate of drug-likeness (QED) is 0.653. The summed E-state index contributed by atoms with van der Waals surface area (Å²) in [5.41, 5.74) is 4.65. The van der Waals surface area contributed by atoms with Crippen molar-refractivity contribution in [2.45, 2.75) is 26.7 Å². The topological polar surface area (TPSA) is 113 Å². The third-order valence-corrected chi connectivity index (χ3v) is 3.48. The fourth-order valence-corrected chi connectivity index (χ4v) is 2.08. The highest BCUT2D eigenvalue weighted by atomic mass is 16.4. The van der Waals surface area contributed by atoms with Crippen LogP contribution in [0.15, 0.2) is 0 Å². The van der Waals surface area contributed by atoms with Crippen LogP contribution in [-0.4, -0.2) is 47.5 Å². The Balaban J connectivity index is 2.40. The molecule has 1 rings (SSSR count).